The molecule has 5 aromatic rings. The Kier molecular flexibility index (Phi) is 15.1. The molecule has 19 heteroatoms. The number of hydrogen-bond donors (Lipinski definition) is 5. The van der Waals surface area contributed by atoms with Crippen LogP contribution in [0.25, 0.3) is 22.0 Å². The monoisotopic (exact) mass is 948 g/mol. The van der Waals surface area contributed by atoms with E-state index >= 15 is 0 Å². The van der Waals surface area contributed by atoms with Gasteiger partial charge in [0.2, 0.25) is 0 Å². The van der Waals surface area contributed by atoms with Gasteiger partial charge in [0.15, 0.2) is 0 Å². The molecular weight excluding hydrogens is 898 g/mol. The number of rotatable bonds is 16. The fourth-order valence-electron chi connectivity index (χ4n) is 6.73. The zero-order valence-electron chi connectivity index (χ0n) is 35.2. The van der Waals surface area contributed by atoms with Gasteiger partial charge in [-0.1, -0.05) is 11.2 Å². The summed E-state index contributed by atoms with van der Waals surface area (Å²) < 4.78 is 39.0. The van der Waals surface area contributed by atoms with Gasteiger partial charge in [-0.15, -0.1) is 0 Å². The molecule has 2 heterocycles. The number of phosphoric ester groups is 1. The van der Waals surface area contributed by atoms with Crippen LogP contribution in [0.2, 0.25) is 0 Å². The van der Waals surface area contributed by atoms with Crippen molar-refractivity contribution >= 4 is 83.7 Å². The summed E-state index contributed by atoms with van der Waals surface area (Å²) in [5.41, 5.74) is 5.65. The maximum absolute atomic E-state index is 14.0. The number of aromatic nitrogens is 2. The van der Waals surface area contributed by atoms with Crippen molar-refractivity contribution in [1.82, 2.24) is 20.2 Å². The van der Waals surface area contributed by atoms with E-state index in [4.69, 9.17) is 24.2 Å². The Morgan fingerprint density at radius 2 is 1.74 bits per heavy atom. The summed E-state index contributed by atoms with van der Waals surface area (Å²) in [5, 5.41) is 9.56. The third-order valence-corrected chi connectivity index (χ3v) is 14.3. The van der Waals surface area contributed by atoms with Crippen molar-refractivity contribution in [3.63, 3.8) is 0 Å². The molecule has 1 atom stereocenters. The zero-order valence-corrected chi connectivity index (χ0v) is 39.0. The summed E-state index contributed by atoms with van der Waals surface area (Å²) in [6.07, 6.45) is 1.72. The van der Waals surface area contributed by atoms with E-state index in [0.29, 0.717) is 68.7 Å². The molecule has 1 aromatic heterocycles. The fourth-order valence-corrected chi connectivity index (χ4v) is 10.5. The van der Waals surface area contributed by atoms with Crippen LogP contribution in [0, 0.1) is 6.92 Å². The Bertz CT molecular complexity index is 2530. The number of fused-ring (bicyclic) bond motifs is 1. The quantitative estimate of drug-likeness (QED) is 0.0526. The molecule has 0 radical (unpaired) electrons. The summed E-state index contributed by atoms with van der Waals surface area (Å²) in [7, 11) is -1.93. The van der Waals surface area contributed by atoms with E-state index in [1.165, 1.54) is 14.2 Å². The molecule has 328 valence electrons. The minimum atomic E-state index is -4.87. The van der Waals surface area contributed by atoms with Crippen LogP contribution in [0.15, 0.2) is 72.9 Å². The van der Waals surface area contributed by atoms with Gasteiger partial charge in [-0.25, -0.2) is 0 Å². The predicted octanol–water partition coefficient (Wildman–Crippen LogP) is 4.41. The van der Waals surface area contributed by atoms with Crippen LogP contribution in [-0.4, -0.2) is 120 Å². The van der Waals surface area contributed by atoms with Gasteiger partial charge in [0.25, 0.3) is 5.91 Å². The van der Waals surface area contributed by atoms with E-state index in [2.05, 4.69) is 30.4 Å². The normalized spacial score (nSPS) is 14.0. The predicted molar refractivity (Wildman–Crippen MR) is 242 cm³/mol. The van der Waals surface area contributed by atoms with Crippen molar-refractivity contribution in [2.24, 2.45) is 0 Å². The summed E-state index contributed by atoms with van der Waals surface area (Å²) in [4.78, 5) is 69.2. The Balaban J connectivity index is 1.16. The second-order valence-electron chi connectivity index (χ2n) is 15.6. The Morgan fingerprint density at radius 3 is 2.44 bits per heavy atom. The first-order chi connectivity index (χ1) is 29.4. The Morgan fingerprint density at radius 1 is 0.984 bits per heavy atom. The summed E-state index contributed by atoms with van der Waals surface area (Å²) in [6, 6.07) is 20.2. The molecule has 1 unspecified atom stereocenters. The second-order valence-corrected chi connectivity index (χ2v) is 21.1. The van der Waals surface area contributed by atoms with Crippen LogP contribution >= 0.6 is 7.82 Å². The van der Waals surface area contributed by atoms with Crippen molar-refractivity contribution in [2.75, 3.05) is 69.1 Å². The summed E-state index contributed by atoms with van der Waals surface area (Å²) >= 11 is -2.30. The molecule has 1 fully saturated rings. The molecule has 1 aliphatic heterocycles. The van der Waals surface area contributed by atoms with Gasteiger partial charge in [0.1, 0.15) is 17.3 Å². The van der Waals surface area contributed by atoms with Crippen LogP contribution in [0.4, 0.5) is 17.3 Å². The summed E-state index contributed by atoms with van der Waals surface area (Å²) in [5.74, 6) is 1.32. The largest absolute Gasteiger partial charge is 0.616 e. The summed E-state index contributed by atoms with van der Waals surface area (Å²) in [6.45, 7) is 9.74. The first kappa shape index (κ1) is 46.7. The van der Waals surface area contributed by atoms with Gasteiger partial charge in [-0.3, -0.25) is 9.69 Å². The van der Waals surface area contributed by atoms with E-state index in [-0.39, 0.29) is 21.6 Å². The maximum Gasteiger partial charge on any atom is 0.255 e. The van der Waals surface area contributed by atoms with E-state index < -0.39 is 47.3 Å². The van der Waals surface area contributed by atoms with Crippen molar-refractivity contribution in [2.45, 2.75) is 33.1 Å². The first-order valence-electron chi connectivity index (χ1n) is 19.6. The molecule has 0 bridgehead atoms. The molecule has 16 nitrogen and oxygen atoms in total. The minimum absolute atomic E-state index is 0.0729. The SMILES string of the molecule is COc1cc(Nc2ncc3cc(-c4cc(C(=O)[AsH]c5cc(C(C)(C)C)cc(NC(=O)COP(=O)(O)O)c5OC)ccc4C)ccc3n2)ccc1C(=O)NCCN1CC[S+]([O-])CC1. The number of nitrogens with one attached hydrogen (secondary N) is 3. The third kappa shape index (κ3) is 12.2. The molecule has 6 rings (SSSR count). The van der Waals surface area contributed by atoms with Crippen LogP contribution in [0.5, 0.6) is 11.5 Å². The van der Waals surface area contributed by atoms with Crippen LogP contribution in [-0.2, 0) is 30.5 Å². The fraction of sp³-hybridized carbons (Fsp3) is 0.326. The van der Waals surface area contributed by atoms with E-state index in [9.17, 15) is 23.5 Å². The average Bonchev–Trinajstić information content (AvgIpc) is 3.22. The molecule has 62 heavy (non-hydrogen) atoms. The number of anilines is 3. The maximum atomic E-state index is 14.0. The van der Waals surface area contributed by atoms with E-state index in [1.54, 1.807) is 36.5 Å². The number of nitrogens with zero attached hydrogens (tertiary/aromatic N) is 3. The van der Waals surface area contributed by atoms with E-state index in [0.717, 1.165) is 40.7 Å². The van der Waals surface area contributed by atoms with Crippen LogP contribution in [0.1, 0.15) is 52.6 Å². The molecule has 0 aliphatic carbocycles. The van der Waals surface area contributed by atoms with Crippen molar-refractivity contribution in [3.8, 4) is 22.6 Å². The number of methoxy groups -OCH3 is 2. The van der Waals surface area contributed by atoms with Gasteiger partial charge in [-0.05, 0) is 12.1 Å². The van der Waals surface area contributed by atoms with Gasteiger partial charge >= 0.3 is 256 Å². The molecule has 1 saturated heterocycles. The number of hydrogen-bond acceptors (Lipinski definition) is 12. The number of carbonyl (C=O) groups excluding carboxylic acids is 3. The van der Waals surface area contributed by atoms with Crippen molar-refractivity contribution in [1.29, 1.82) is 0 Å². The molecule has 0 spiro atoms. The van der Waals surface area contributed by atoms with Gasteiger partial charge in [-0.2, -0.15) is 0 Å². The molecule has 0 saturated carbocycles. The van der Waals surface area contributed by atoms with Crippen molar-refractivity contribution in [3.05, 3.63) is 95.2 Å². The molecule has 5 N–H and O–H groups in total. The number of carbonyl (C=O) groups is 3. The van der Waals surface area contributed by atoms with E-state index in [1.807, 2.05) is 64.1 Å². The standard InChI is InChI=1S/C43H50AsN6O10PS/c1-26-7-8-28(40(52)44-34-21-30(43(2,3)4)22-36(39(34)59-6)48-38(51)25-60-61(54,55)56)20-33(26)27-9-12-35-29(19-27)24-46-42(49-35)47-31-10-11-32(37(23-31)58-5)41(53)45-13-14-50-15-17-62(57)18-16-50/h7-12,19-24,44H,13-18,25H2,1-6H3,(H,45,53)(H,48,51)(H,46,47,49)(H2,54,55,56). The van der Waals surface area contributed by atoms with Crippen LogP contribution in [0.3, 0.4) is 0 Å². The Labute approximate surface area is 369 Å². The first-order valence-corrected chi connectivity index (χ1v) is 24.7. The van der Waals surface area contributed by atoms with Gasteiger partial charge in [0, 0.05) is 32.2 Å². The number of phosphoric acid groups is 1. The van der Waals surface area contributed by atoms with Crippen LogP contribution < -0.4 is 29.8 Å². The van der Waals surface area contributed by atoms with Gasteiger partial charge in [0.05, 0.1) is 12.7 Å². The Hall–Kier alpha value is -4.83. The minimum Gasteiger partial charge on any atom is -0.616 e. The average molecular weight is 949 g/mol. The zero-order chi connectivity index (χ0) is 44.8. The number of ether oxygens (including phenoxy) is 2. The third-order valence-electron chi connectivity index (χ3n) is 10.1. The van der Waals surface area contributed by atoms with Crippen molar-refractivity contribution < 1.29 is 47.3 Å². The number of aryl methyl sites for hydroxylation is 1. The van der Waals surface area contributed by atoms with Gasteiger partial charge < -0.3 is 14.6 Å². The topological polar surface area (TPSA) is 225 Å². The molecule has 1 aliphatic rings. The molecule has 4 aromatic carbocycles. The second kappa shape index (κ2) is 20.1. The number of amides is 2. The smallest absolute Gasteiger partial charge is 0.255 e. The number of benzene rings is 4. The molecular formula is C43H50AsN6O10PS. The molecule has 2 amide bonds.